The fourth-order valence-electron chi connectivity index (χ4n) is 7.77. The number of carbonyl (C=O) groups excluding carboxylic acids is 2. The summed E-state index contributed by atoms with van der Waals surface area (Å²) in [5.74, 6) is -3.67. The van der Waals surface area contributed by atoms with E-state index in [1.807, 2.05) is 27.8 Å². The van der Waals surface area contributed by atoms with Crippen LogP contribution in [0.1, 0.15) is 111 Å². The van der Waals surface area contributed by atoms with E-state index in [0.717, 1.165) is 45.1 Å². The summed E-state index contributed by atoms with van der Waals surface area (Å²) in [6, 6.07) is 0.810. The molecule has 10 nitrogen and oxygen atoms in total. The SMILES string of the molecule is CCCCOc1cc(C2CCCN2C)c(F)c2c1C(O)=C1C(=O)[C@]3(O)C(=O)c4c(OCCCC)noc4[C@@H](NCC)[C@@H]3C[C@@H]1C2. The van der Waals surface area contributed by atoms with Crippen LogP contribution in [0.3, 0.4) is 0 Å². The molecule has 4 aliphatic rings. The molecule has 3 N–H and O–H groups in total. The van der Waals surface area contributed by atoms with Crippen LogP contribution in [0.25, 0.3) is 5.76 Å². The monoisotopic (exact) mass is 625 g/mol. The van der Waals surface area contributed by atoms with Gasteiger partial charge in [0.15, 0.2) is 11.4 Å². The summed E-state index contributed by atoms with van der Waals surface area (Å²) >= 11 is 0. The molecule has 1 saturated heterocycles. The lowest BCUT2D eigenvalue weighted by molar-refractivity contribution is -0.140. The van der Waals surface area contributed by atoms with Gasteiger partial charge in [-0.05, 0) is 75.8 Å². The van der Waals surface area contributed by atoms with Crippen molar-refractivity contribution < 1.29 is 38.2 Å². The average molecular weight is 626 g/mol. The van der Waals surface area contributed by atoms with E-state index < -0.39 is 46.6 Å². The highest BCUT2D eigenvalue weighted by atomic mass is 19.1. The lowest BCUT2D eigenvalue weighted by Gasteiger charge is -2.48. The molecular weight excluding hydrogens is 581 g/mol. The summed E-state index contributed by atoms with van der Waals surface area (Å²) in [5.41, 5.74) is -1.66. The fraction of sp³-hybridized carbons (Fsp3) is 0.618. The van der Waals surface area contributed by atoms with E-state index in [0.29, 0.717) is 36.6 Å². The number of aliphatic hydroxyl groups is 2. The maximum absolute atomic E-state index is 16.5. The average Bonchev–Trinajstić information content (AvgIpc) is 3.64. The number of halogens is 1. The minimum atomic E-state index is -2.50. The van der Waals surface area contributed by atoms with Gasteiger partial charge < -0.3 is 29.5 Å². The Morgan fingerprint density at radius 3 is 2.53 bits per heavy atom. The van der Waals surface area contributed by atoms with E-state index in [4.69, 9.17) is 14.0 Å². The molecule has 11 heteroatoms. The Bertz CT molecular complexity index is 1520. The van der Waals surface area contributed by atoms with Gasteiger partial charge in [0, 0.05) is 28.7 Å². The predicted molar refractivity (Wildman–Crippen MR) is 164 cm³/mol. The molecule has 3 aliphatic carbocycles. The third-order valence-electron chi connectivity index (χ3n) is 10.1. The lowest BCUT2D eigenvalue weighted by atomic mass is 9.57. The quantitative estimate of drug-likeness (QED) is 0.225. The normalized spacial score (nSPS) is 27.7. The Morgan fingerprint density at radius 1 is 1.13 bits per heavy atom. The number of rotatable bonds is 11. The zero-order valence-corrected chi connectivity index (χ0v) is 26.6. The molecule has 5 atom stereocenters. The van der Waals surface area contributed by atoms with Crippen molar-refractivity contribution in [1.29, 1.82) is 0 Å². The number of nitrogens with one attached hydrogen (secondary N) is 1. The number of aromatic nitrogens is 1. The molecular formula is C34H44FN3O7. The summed E-state index contributed by atoms with van der Waals surface area (Å²) in [7, 11) is 1.98. The first kappa shape index (κ1) is 31.7. The first-order chi connectivity index (χ1) is 21.7. The highest BCUT2D eigenvalue weighted by molar-refractivity contribution is 6.26. The number of ketones is 2. The number of carbonyl (C=O) groups is 2. The number of nitrogens with zero attached hydrogens (tertiary/aromatic N) is 2. The molecule has 45 heavy (non-hydrogen) atoms. The molecule has 1 unspecified atom stereocenters. The van der Waals surface area contributed by atoms with E-state index in [1.165, 1.54) is 0 Å². The van der Waals surface area contributed by atoms with E-state index in [-0.39, 0.29) is 47.2 Å². The third kappa shape index (κ3) is 4.98. The molecule has 0 bridgehead atoms. The molecule has 1 aliphatic heterocycles. The summed E-state index contributed by atoms with van der Waals surface area (Å²) < 4.78 is 34.1. The van der Waals surface area contributed by atoms with Crippen molar-refractivity contribution in [3.8, 4) is 11.6 Å². The molecule has 2 heterocycles. The van der Waals surface area contributed by atoms with Crippen molar-refractivity contribution in [2.75, 3.05) is 33.4 Å². The van der Waals surface area contributed by atoms with Crippen LogP contribution in [0.15, 0.2) is 16.2 Å². The summed E-state index contributed by atoms with van der Waals surface area (Å²) in [5, 5.41) is 31.3. The Labute approximate surface area is 262 Å². The van der Waals surface area contributed by atoms with Crippen molar-refractivity contribution >= 4 is 17.3 Å². The molecule has 244 valence electrons. The number of likely N-dealkylation sites (tertiary alicyclic amines) is 1. The van der Waals surface area contributed by atoms with Crippen molar-refractivity contribution in [3.05, 3.63) is 45.5 Å². The second-order valence-corrected chi connectivity index (χ2v) is 12.9. The van der Waals surface area contributed by atoms with E-state index in [2.05, 4.69) is 15.4 Å². The van der Waals surface area contributed by atoms with E-state index in [9.17, 15) is 19.8 Å². The van der Waals surface area contributed by atoms with Gasteiger partial charge >= 0.3 is 0 Å². The molecule has 1 aromatic heterocycles. The first-order valence-electron chi connectivity index (χ1n) is 16.5. The number of hydrogen-bond donors (Lipinski definition) is 3. The van der Waals surface area contributed by atoms with Crippen LogP contribution in [0, 0.1) is 17.7 Å². The first-order valence-corrected chi connectivity index (χ1v) is 16.5. The highest BCUT2D eigenvalue weighted by Crippen LogP contribution is 2.55. The molecule has 0 amide bonds. The van der Waals surface area contributed by atoms with Gasteiger partial charge in [0.1, 0.15) is 22.9 Å². The van der Waals surface area contributed by atoms with Gasteiger partial charge in [-0.15, -0.1) is 0 Å². The van der Waals surface area contributed by atoms with Crippen LogP contribution in [0.2, 0.25) is 0 Å². The van der Waals surface area contributed by atoms with Gasteiger partial charge in [0.05, 0.1) is 24.8 Å². The van der Waals surface area contributed by atoms with Crippen LogP contribution >= 0.6 is 0 Å². The van der Waals surface area contributed by atoms with E-state index >= 15 is 4.39 Å². The van der Waals surface area contributed by atoms with E-state index in [1.54, 1.807) is 6.07 Å². The van der Waals surface area contributed by atoms with Gasteiger partial charge in [0.2, 0.25) is 11.6 Å². The molecule has 1 saturated carbocycles. The standard InChI is InChI=1S/C34H44FN3O7/c1-5-8-13-43-23-17-19(22-11-10-12-38(22)4)27(35)20-15-18-16-21-28(36-7-3)30-26(33(37-45-30)44-14-9-6-2)32(41)34(21,42)31(40)24(18)29(39)25(20)23/h17-18,21-22,28,36,39,42H,5-16H2,1-4H3/t18-,21-,22?,28-,34-/m0/s1. The van der Waals surface area contributed by atoms with Crippen molar-refractivity contribution in [2.45, 2.75) is 89.8 Å². The van der Waals surface area contributed by atoms with Gasteiger partial charge in [-0.25, -0.2) is 4.39 Å². The topological polar surface area (TPSA) is 134 Å². The Hall–Kier alpha value is -3.28. The van der Waals surface area contributed by atoms with Gasteiger partial charge in [0.25, 0.3) is 5.88 Å². The maximum atomic E-state index is 16.5. The zero-order valence-electron chi connectivity index (χ0n) is 26.6. The van der Waals surface area contributed by atoms with Gasteiger partial charge in [-0.2, -0.15) is 0 Å². The lowest BCUT2D eigenvalue weighted by Crippen LogP contribution is -2.63. The molecule has 0 spiro atoms. The summed E-state index contributed by atoms with van der Waals surface area (Å²) in [6.07, 6.45) is 5.23. The molecule has 2 aromatic rings. The summed E-state index contributed by atoms with van der Waals surface area (Å²) in [4.78, 5) is 30.7. The van der Waals surface area contributed by atoms with Crippen LogP contribution in [0.4, 0.5) is 4.39 Å². The van der Waals surface area contributed by atoms with Crippen LogP contribution in [0.5, 0.6) is 11.6 Å². The molecule has 6 rings (SSSR count). The highest BCUT2D eigenvalue weighted by Gasteiger charge is 2.65. The number of benzene rings is 1. The smallest absolute Gasteiger partial charge is 0.265 e. The Morgan fingerprint density at radius 2 is 1.87 bits per heavy atom. The number of fused-ring (bicyclic) bond motifs is 4. The number of hydrogen-bond acceptors (Lipinski definition) is 10. The number of Topliss-reactive ketones (excluding diaryl/α,β-unsaturated/α-hetero) is 2. The van der Waals surface area contributed by atoms with Gasteiger partial charge in [-0.1, -0.05) is 33.6 Å². The zero-order chi connectivity index (χ0) is 32.0. The van der Waals surface area contributed by atoms with Crippen LogP contribution in [-0.2, 0) is 11.2 Å². The Balaban J connectivity index is 1.47. The second-order valence-electron chi connectivity index (χ2n) is 12.9. The van der Waals surface area contributed by atoms with Gasteiger partial charge in [-0.3, -0.25) is 14.5 Å². The van der Waals surface area contributed by atoms with Crippen LogP contribution in [-0.4, -0.2) is 70.8 Å². The summed E-state index contributed by atoms with van der Waals surface area (Å²) in [6.45, 7) is 7.88. The predicted octanol–water partition coefficient (Wildman–Crippen LogP) is 5.25. The largest absolute Gasteiger partial charge is 0.507 e. The number of ether oxygens (including phenoxy) is 2. The molecule has 0 radical (unpaired) electrons. The van der Waals surface area contributed by atoms with Crippen molar-refractivity contribution in [1.82, 2.24) is 15.4 Å². The maximum Gasteiger partial charge on any atom is 0.265 e. The van der Waals surface area contributed by atoms with Crippen LogP contribution < -0.4 is 14.8 Å². The Kier molecular flexibility index (Phi) is 8.80. The molecule has 1 aromatic carbocycles. The number of unbranched alkanes of at least 4 members (excludes halogenated alkanes) is 2. The second kappa shape index (κ2) is 12.5. The molecule has 2 fully saturated rings. The third-order valence-corrected chi connectivity index (χ3v) is 10.1. The minimum Gasteiger partial charge on any atom is -0.507 e. The number of aliphatic hydroxyl groups excluding tert-OH is 1. The fourth-order valence-corrected chi connectivity index (χ4v) is 7.77. The van der Waals surface area contributed by atoms with Crippen molar-refractivity contribution in [3.63, 3.8) is 0 Å². The minimum absolute atomic E-state index is 0.0566. The van der Waals surface area contributed by atoms with Crippen molar-refractivity contribution in [2.24, 2.45) is 11.8 Å².